The van der Waals surface area contributed by atoms with Crippen LogP contribution in [0.3, 0.4) is 0 Å². The van der Waals surface area contributed by atoms with E-state index in [4.69, 9.17) is 4.74 Å². The molecule has 0 aliphatic heterocycles. The number of nitrogens with zero attached hydrogens (tertiary/aromatic N) is 2. The first kappa shape index (κ1) is 11.6. The number of fused-ring (bicyclic) bond motifs is 1. The molecule has 0 N–H and O–H groups in total. The van der Waals surface area contributed by atoms with Crippen LogP contribution < -0.4 is 4.74 Å². The average Bonchev–Trinajstić information content (AvgIpc) is 2.88. The molecule has 0 aliphatic rings. The second kappa shape index (κ2) is 4.66. The Morgan fingerprint density at radius 2 is 2.00 bits per heavy atom. The molecule has 0 aliphatic carbocycles. The van der Waals surface area contributed by atoms with Gasteiger partial charge in [0.25, 0.3) is 5.69 Å². The summed E-state index contributed by atoms with van der Waals surface area (Å²) in [7, 11) is 0. The zero-order valence-electron chi connectivity index (χ0n) is 9.65. The van der Waals surface area contributed by atoms with E-state index in [-0.39, 0.29) is 5.69 Å². The smallest absolute Gasteiger partial charge is 0.274 e. The molecule has 0 spiro atoms. The van der Waals surface area contributed by atoms with Gasteiger partial charge >= 0.3 is 0 Å². The Morgan fingerprint density at radius 3 is 2.74 bits per heavy atom. The van der Waals surface area contributed by atoms with Gasteiger partial charge in [-0.25, -0.2) is 0 Å². The SMILES string of the molecule is O=[N+]([O-])c1cc(Oc2ccccc2)c2cnsc2c1. The highest BCUT2D eigenvalue weighted by Crippen LogP contribution is 2.35. The Morgan fingerprint density at radius 1 is 1.21 bits per heavy atom. The summed E-state index contributed by atoms with van der Waals surface area (Å²) in [6.07, 6.45) is 1.65. The molecule has 0 saturated heterocycles. The summed E-state index contributed by atoms with van der Waals surface area (Å²) in [5, 5.41) is 11.7. The molecule has 3 rings (SSSR count). The lowest BCUT2D eigenvalue weighted by Gasteiger charge is -2.06. The lowest BCUT2D eigenvalue weighted by molar-refractivity contribution is -0.384. The van der Waals surface area contributed by atoms with Crippen molar-refractivity contribution in [3.8, 4) is 11.5 Å². The van der Waals surface area contributed by atoms with Crippen molar-refractivity contribution in [2.45, 2.75) is 0 Å². The molecule has 0 saturated carbocycles. The minimum atomic E-state index is -0.434. The molecule has 3 aromatic rings. The summed E-state index contributed by atoms with van der Waals surface area (Å²) >= 11 is 1.21. The minimum Gasteiger partial charge on any atom is -0.456 e. The van der Waals surface area contributed by atoms with Crippen molar-refractivity contribution in [2.24, 2.45) is 0 Å². The molecular weight excluding hydrogens is 264 g/mol. The van der Waals surface area contributed by atoms with Gasteiger partial charge in [0.05, 0.1) is 27.3 Å². The van der Waals surface area contributed by atoms with Crippen molar-refractivity contribution in [3.63, 3.8) is 0 Å². The number of hydrogen-bond acceptors (Lipinski definition) is 5. The van der Waals surface area contributed by atoms with E-state index in [1.807, 2.05) is 18.2 Å². The minimum absolute atomic E-state index is 0.00248. The molecule has 19 heavy (non-hydrogen) atoms. The van der Waals surface area contributed by atoms with Crippen molar-refractivity contribution >= 4 is 27.3 Å². The molecular formula is C13H8N2O3S. The maximum Gasteiger partial charge on any atom is 0.274 e. The molecule has 0 unspecified atom stereocenters. The molecule has 94 valence electrons. The average molecular weight is 272 g/mol. The fraction of sp³-hybridized carbons (Fsp3) is 0. The second-order valence-corrected chi connectivity index (χ2v) is 4.69. The van der Waals surface area contributed by atoms with E-state index >= 15 is 0 Å². The van der Waals surface area contributed by atoms with Crippen LogP contribution in [0.5, 0.6) is 11.5 Å². The fourth-order valence-electron chi connectivity index (χ4n) is 1.73. The molecule has 1 aromatic heterocycles. The van der Waals surface area contributed by atoms with E-state index in [0.717, 1.165) is 10.1 Å². The first-order valence-corrected chi connectivity index (χ1v) is 6.27. The van der Waals surface area contributed by atoms with Crippen LogP contribution in [0.2, 0.25) is 0 Å². The molecule has 0 fully saturated rings. The topological polar surface area (TPSA) is 65.3 Å². The van der Waals surface area contributed by atoms with Crippen molar-refractivity contribution in [2.75, 3.05) is 0 Å². The summed E-state index contributed by atoms with van der Waals surface area (Å²) in [4.78, 5) is 10.5. The van der Waals surface area contributed by atoms with Gasteiger partial charge in [-0.1, -0.05) is 18.2 Å². The monoisotopic (exact) mass is 272 g/mol. The first-order chi connectivity index (χ1) is 9.24. The zero-order valence-corrected chi connectivity index (χ0v) is 10.5. The largest absolute Gasteiger partial charge is 0.456 e. The zero-order chi connectivity index (χ0) is 13.2. The molecule has 0 atom stereocenters. The quantitative estimate of drug-likeness (QED) is 0.534. The second-order valence-electron chi connectivity index (χ2n) is 3.85. The van der Waals surface area contributed by atoms with Gasteiger partial charge in [-0.05, 0) is 23.7 Å². The number of benzene rings is 2. The lowest BCUT2D eigenvalue weighted by Crippen LogP contribution is -1.90. The molecule has 6 heteroatoms. The summed E-state index contributed by atoms with van der Waals surface area (Å²) in [5.74, 6) is 1.08. The Bertz CT molecular complexity index is 740. The van der Waals surface area contributed by atoms with Crippen molar-refractivity contribution < 1.29 is 9.66 Å². The maximum atomic E-state index is 10.9. The third kappa shape index (κ3) is 2.25. The predicted octanol–water partition coefficient (Wildman–Crippen LogP) is 4.00. The van der Waals surface area contributed by atoms with E-state index in [2.05, 4.69) is 4.37 Å². The van der Waals surface area contributed by atoms with Gasteiger partial charge in [0, 0.05) is 6.07 Å². The number of nitro benzene ring substituents is 1. The molecule has 0 amide bonds. The molecule has 5 nitrogen and oxygen atoms in total. The van der Waals surface area contributed by atoms with Crippen molar-refractivity contribution in [1.82, 2.24) is 4.37 Å². The Labute approximate surface area is 112 Å². The highest BCUT2D eigenvalue weighted by Gasteiger charge is 2.14. The number of non-ortho nitro benzene ring substituents is 1. The fourth-order valence-corrected chi connectivity index (χ4v) is 2.43. The Balaban J connectivity index is 2.11. The Hall–Kier alpha value is -2.47. The maximum absolute atomic E-state index is 10.9. The first-order valence-electron chi connectivity index (χ1n) is 5.50. The molecule has 2 aromatic carbocycles. The summed E-state index contributed by atoms with van der Waals surface area (Å²) in [5.41, 5.74) is 0.00248. The van der Waals surface area contributed by atoms with Crippen LogP contribution in [0.1, 0.15) is 0 Å². The van der Waals surface area contributed by atoms with Crippen LogP contribution >= 0.6 is 11.5 Å². The molecule has 0 radical (unpaired) electrons. The third-order valence-electron chi connectivity index (χ3n) is 2.60. The number of nitro groups is 1. The molecule has 0 bridgehead atoms. The van der Waals surface area contributed by atoms with Gasteiger partial charge < -0.3 is 4.74 Å². The van der Waals surface area contributed by atoms with Crippen LogP contribution in [0, 0.1) is 10.1 Å². The predicted molar refractivity (Wildman–Crippen MR) is 72.8 cm³/mol. The van der Waals surface area contributed by atoms with Crippen molar-refractivity contribution in [3.05, 3.63) is 58.8 Å². The number of ether oxygens (including phenoxy) is 1. The highest BCUT2D eigenvalue weighted by molar-refractivity contribution is 7.13. The summed E-state index contributed by atoms with van der Waals surface area (Å²) in [6, 6.07) is 12.1. The van der Waals surface area contributed by atoms with Gasteiger partial charge in [0.2, 0.25) is 0 Å². The van der Waals surface area contributed by atoms with Crippen LogP contribution in [-0.2, 0) is 0 Å². The number of rotatable bonds is 3. The molecule has 1 heterocycles. The lowest BCUT2D eigenvalue weighted by atomic mass is 10.2. The van der Waals surface area contributed by atoms with Crippen LogP contribution in [0.4, 0.5) is 5.69 Å². The highest BCUT2D eigenvalue weighted by atomic mass is 32.1. The van der Waals surface area contributed by atoms with E-state index in [9.17, 15) is 10.1 Å². The van der Waals surface area contributed by atoms with Gasteiger partial charge in [-0.15, -0.1) is 0 Å². The van der Waals surface area contributed by atoms with Crippen LogP contribution in [-0.4, -0.2) is 9.30 Å². The third-order valence-corrected chi connectivity index (χ3v) is 3.35. The number of aromatic nitrogens is 1. The standard InChI is InChI=1S/C13H8N2O3S/c16-15(17)9-6-12(11-8-14-19-13(11)7-9)18-10-4-2-1-3-5-10/h1-8H. The van der Waals surface area contributed by atoms with Crippen LogP contribution in [0.15, 0.2) is 48.7 Å². The van der Waals surface area contributed by atoms with E-state index in [0.29, 0.717) is 11.5 Å². The van der Waals surface area contributed by atoms with E-state index in [1.165, 1.54) is 23.7 Å². The van der Waals surface area contributed by atoms with Gasteiger partial charge in [-0.3, -0.25) is 10.1 Å². The van der Waals surface area contributed by atoms with E-state index in [1.54, 1.807) is 18.3 Å². The van der Waals surface area contributed by atoms with Crippen molar-refractivity contribution in [1.29, 1.82) is 0 Å². The number of para-hydroxylation sites is 1. The van der Waals surface area contributed by atoms with Gasteiger partial charge in [0.15, 0.2) is 0 Å². The van der Waals surface area contributed by atoms with Gasteiger partial charge in [0.1, 0.15) is 11.5 Å². The summed E-state index contributed by atoms with van der Waals surface area (Å²) in [6.45, 7) is 0. The normalized spacial score (nSPS) is 10.5. The summed E-state index contributed by atoms with van der Waals surface area (Å²) < 4.78 is 10.5. The number of hydrogen-bond donors (Lipinski definition) is 0. The Kier molecular flexibility index (Phi) is 2.85. The van der Waals surface area contributed by atoms with Gasteiger partial charge in [-0.2, -0.15) is 4.37 Å². The van der Waals surface area contributed by atoms with Crippen LogP contribution in [0.25, 0.3) is 10.1 Å². The van der Waals surface area contributed by atoms with E-state index < -0.39 is 4.92 Å².